The van der Waals surface area contributed by atoms with Crippen LogP contribution in [0, 0.1) is 0 Å². The van der Waals surface area contributed by atoms with Crippen molar-refractivity contribution in [1.82, 2.24) is 15.0 Å². The van der Waals surface area contributed by atoms with E-state index >= 15 is 0 Å². The molecule has 6 heteroatoms. The Hall–Kier alpha value is -7.20. The highest BCUT2D eigenvalue weighted by Gasteiger charge is 2.47. The van der Waals surface area contributed by atoms with Gasteiger partial charge in [-0.25, -0.2) is 15.0 Å². The summed E-state index contributed by atoms with van der Waals surface area (Å²) in [5, 5.41) is 2.95. The predicted octanol–water partition coefficient (Wildman–Crippen LogP) is 13.1. The monoisotopic (exact) mass is 791 g/mol. The highest BCUT2D eigenvalue weighted by molar-refractivity contribution is 7.70. The van der Waals surface area contributed by atoms with E-state index in [4.69, 9.17) is 19.4 Å². The summed E-state index contributed by atoms with van der Waals surface area (Å²) in [5.74, 6) is 1.67. The number of para-hydroxylation sites is 1. The van der Waals surface area contributed by atoms with Crippen molar-refractivity contribution in [3.63, 3.8) is 0 Å². The highest BCUT2D eigenvalue weighted by Crippen LogP contribution is 2.58. The van der Waals surface area contributed by atoms with Crippen molar-refractivity contribution in [3.05, 3.63) is 216 Å². The minimum Gasteiger partial charge on any atom is -0.456 e. The second kappa shape index (κ2) is 14.0. The second-order valence-corrected chi connectivity index (χ2v) is 19.1. The van der Waals surface area contributed by atoms with Crippen LogP contribution in [-0.4, -0.2) is 28.3 Å². The molecule has 10 aromatic rings. The molecule has 1 aliphatic carbocycles. The van der Waals surface area contributed by atoms with E-state index in [1.165, 1.54) is 22.3 Å². The third kappa shape index (κ3) is 5.77. The number of benzene rings is 8. The first-order valence-corrected chi connectivity index (χ1v) is 22.8. The van der Waals surface area contributed by atoms with Crippen molar-refractivity contribution < 1.29 is 8.98 Å². The summed E-state index contributed by atoms with van der Waals surface area (Å²) in [6.07, 6.45) is 0. The Morgan fingerprint density at radius 1 is 0.433 bits per heavy atom. The summed E-state index contributed by atoms with van der Waals surface area (Å²) < 4.78 is 19.4. The van der Waals surface area contributed by atoms with Crippen LogP contribution < -0.4 is 5.30 Å². The van der Waals surface area contributed by atoms with Crippen LogP contribution in [0.1, 0.15) is 22.3 Å². The van der Waals surface area contributed by atoms with E-state index in [0.29, 0.717) is 17.5 Å². The molecule has 5 nitrogen and oxygen atoms in total. The lowest BCUT2D eigenvalue weighted by Crippen LogP contribution is -2.28. The number of rotatable bonds is 7. The van der Waals surface area contributed by atoms with Gasteiger partial charge in [-0.2, -0.15) is 0 Å². The molecule has 0 aliphatic heterocycles. The Bertz CT molecular complexity index is 3290. The number of hydrogen-bond acceptors (Lipinski definition) is 5. The van der Waals surface area contributed by atoms with Crippen LogP contribution in [0.2, 0.25) is 0 Å². The maximum atomic E-state index is 13.1. The number of aromatic nitrogens is 3. The molecule has 0 saturated carbocycles. The largest absolute Gasteiger partial charge is 0.456 e. The van der Waals surface area contributed by atoms with Crippen LogP contribution in [-0.2, 0) is 9.98 Å². The Balaban J connectivity index is 1.16. The molecule has 0 radical (unpaired) electrons. The molecule has 0 spiro atoms. The van der Waals surface area contributed by atoms with Gasteiger partial charge in [0.1, 0.15) is 18.3 Å². The van der Waals surface area contributed by atoms with Crippen LogP contribution in [0.25, 0.3) is 78.4 Å². The zero-order valence-electron chi connectivity index (χ0n) is 33.1. The first kappa shape index (κ1) is 35.9. The molecule has 2 aromatic heterocycles. The van der Waals surface area contributed by atoms with Crippen molar-refractivity contribution in [3.8, 4) is 56.4 Å². The average Bonchev–Trinajstić information content (AvgIpc) is 3.83. The maximum absolute atomic E-state index is 13.1. The summed E-state index contributed by atoms with van der Waals surface area (Å²) >= 11 is 0. The first-order valence-electron chi connectivity index (χ1n) is 20.2. The Labute approximate surface area is 348 Å². The molecule has 1 aliphatic rings. The fraction of sp³-hybridized carbons (Fsp3) is 0.0556. The molecular formula is C54H38N3O2P. The van der Waals surface area contributed by atoms with Crippen molar-refractivity contribution in [2.45, 2.75) is 5.41 Å². The second-order valence-electron chi connectivity index (χ2n) is 15.9. The van der Waals surface area contributed by atoms with E-state index in [9.17, 15) is 4.57 Å². The van der Waals surface area contributed by atoms with E-state index in [1.54, 1.807) is 0 Å². The van der Waals surface area contributed by atoms with Crippen molar-refractivity contribution in [1.29, 1.82) is 0 Å². The van der Waals surface area contributed by atoms with Crippen LogP contribution >= 0.6 is 7.14 Å². The van der Waals surface area contributed by atoms with Crippen LogP contribution in [0.3, 0.4) is 0 Å². The summed E-state index contributed by atoms with van der Waals surface area (Å²) in [4.78, 5) is 15.9. The van der Waals surface area contributed by atoms with Crippen molar-refractivity contribution in [2.75, 3.05) is 13.3 Å². The van der Waals surface area contributed by atoms with Gasteiger partial charge >= 0.3 is 0 Å². The van der Waals surface area contributed by atoms with E-state index < -0.39 is 12.6 Å². The Morgan fingerprint density at radius 2 is 0.983 bits per heavy atom. The summed E-state index contributed by atoms with van der Waals surface area (Å²) in [5.41, 5.74) is 12.6. The first-order chi connectivity index (χ1) is 29.4. The van der Waals surface area contributed by atoms with Crippen LogP contribution in [0.5, 0.6) is 0 Å². The zero-order valence-corrected chi connectivity index (χ0v) is 34.0. The van der Waals surface area contributed by atoms with Gasteiger partial charge in [0.2, 0.25) is 0 Å². The molecule has 0 unspecified atom stereocenters. The van der Waals surface area contributed by atoms with Gasteiger partial charge in [-0.1, -0.05) is 164 Å². The third-order valence-corrected chi connectivity index (χ3v) is 13.4. The zero-order chi connectivity index (χ0) is 40.4. The van der Waals surface area contributed by atoms with Gasteiger partial charge in [-0.05, 0) is 88.2 Å². The standard InChI is InChI=1S/C54H38N3O2P/c1-60(2,58)41-23-14-17-36(33-41)35-16-13-18-37(32-35)51-55-52(38-30-31-43-42-24-10-12-29-48(42)59-49(43)34-38)57-53(56-51)45-26-15-28-47-50(45)44-25-9-11-27-46(44)54(47,39-19-5-3-6-20-39)40-21-7-4-8-22-40/h3-34H,1-2H3. The Kier molecular flexibility index (Phi) is 8.37. The lowest BCUT2D eigenvalue weighted by molar-refractivity contribution is 0.588. The smallest absolute Gasteiger partial charge is 0.164 e. The van der Waals surface area contributed by atoms with Gasteiger partial charge in [0.05, 0.1) is 5.41 Å². The molecule has 0 fully saturated rings. The topological polar surface area (TPSA) is 68.9 Å². The molecule has 0 N–H and O–H groups in total. The molecular weight excluding hydrogens is 754 g/mol. The van der Waals surface area contributed by atoms with Crippen molar-refractivity contribution in [2.24, 2.45) is 0 Å². The van der Waals surface area contributed by atoms with E-state index in [2.05, 4.69) is 140 Å². The fourth-order valence-electron chi connectivity index (χ4n) is 9.16. The molecule has 11 rings (SSSR count). The maximum Gasteiger partial charge on any atom is 0.164 e. The SMILES string of the molecule is CP(C)(=O)c1cccc(-c2cccc(-c3nc(-c4ccc5c(c4)oc4ccccc45)nc(-c4cccc5c4-c4ccccc4C5(c4ccccc4)c4ccccc4)n3)c2)c1. The van der Waals surface area contributed by atoms with Gasteiger partial charge in [0, 0.05) is 32.8 Å². The number of fused-ring (bicyclic) bond motifs is 6. The average molecular weight is 792 g/mol. The summed E-state index contributed by atoms with van der Waals surface area (Å²) in [6, 6.07) is 67.5. The lowest BCUT2D eigenvalue weighted by Gasteiger charge is -2.33. The van der Waals surface area contributed by atoms with Gasteiger partial charge in [-0.3, -0.25) is 0 Å². The number of furan rings is 1. The van der Waals surface area contributed by atoms with E-state index in [1.807, 2.05) is 67.9 Å². The quantitative estimate of drug-likeness (QED) is 0.150. The van der Waals surface area contributed by atoms with Gasteiger partial charge in [0.15, 0.2) is 17.5 Å². The normalized spacial score (nSPS) is 13.0. The van der Waals surface area contributed by atoms with E-state index in [-0.39, 0.29) is 0 Å². The van der Waals surface area contributed by atoms with Crippen molar-refractivity contribution >= 4 is 34.4 Å². The highest BCUT2D eigenvalue weighted by atomic mass is 31.2. The lowest BCUT2D eigenvalue weighted by atomic mass is 9.67. The minimum absolute atomic E-state index is 0.545. The molecule has 0 amide bonds. The van der Waals surface area contributed by atoms with Crippen LogP contribution in [0.4, 0.5) is 0 Å². The fourth-order valence-corrected chi connectivity index (χ4v) is 10.1. The minimum atomic E-state index is -2.46. The Morgan fingerprint density at radius 3 is 1.73 bits per heavy atom. The molecule has 60 heavy (non-hydrogen) atoms. The molecule has 0 saturated heterocycles. The molecule has 8 aromatic carbocycles. The number of hydrogen-bond donors (Lipinski definition) is 0. The summed E-state index contributed by atoms with van der Waals surface area (Å²) in [7, 11) is -2.46. The van der Waals surface area contributed by atoms with Crippen LogP contribution in [0.15, 0.2) is 199 Å². The molecule has 0 atom stereocenters. The molecule has 2 heterocycles. The van der Waals surface area contributed by atoms with Gasteiger partial charge in [-0.15, -0.1) is 0 Å². The third-order valence-electron chi connectivity index (χ3n) is 11.9. The van der Waals surface area contributed by atoms with Gasteiger partial charge in [0.25, 0.3) is 0 Å². The molecule has 0 bridgehead atoms. The van der Waals surface area contributed by atoms with E-state index in [0.717, 1.165) is 66.2 Å². The number of nitrogens with zero attached hydrogens (tertiary/aromatic N) is 3. The predicted molar refractivity (Wildman–Crippen MR) is 245 cm³/mol. The summed E-state index contributed by atoms with van der Waals surface area (Å²) in [6.45, 7) is 3.61. The molecule has 286 valence electrons. The van der Waals surface area contributed by atoms with Gasteiger partial charge < -0.3 is 8.98 Å².